The van der Waals surface area contributed by atoms with Gasteiger partial charge in [0, 0.05) is 17.8 Å². The molecule has 5 heteroatoms. The van der Waals surface area contributed by atoms with Crippen LogP contribution in [0, 0.1) is 0 Å². The summed E-state index contributed by atoms with van der Waals surface area (Å²) in [6.45, 7) is 0. The van der Waals surface area contributed by atoms with Crippen molar-refractivity contribution >= 4 is 33.3 Å². The molecule has 0 spiro atoms. The van der Waals surface area contributed by atoms with Gasteiger partial charge in [-0.3, -0.25) is 9.69 Å². The Kier molecular flexibility index (Phi) is 3.79. The molecule has 1 aromatic carbocycles. The highest BCUT2D eigenvalue weighted by Gasteiger charge is 2.29. The van der Waals surface area contributed by atoms with Crippen molar-refractivity contribution in [2.45, 2.75) is 31.7 Å². The zero-order valence-electron chi connectivity index (χ0n) is 12.7. The van der Waals surface area contributed by atoms with Gasteiger partial charge in [0.05, 0.1) is 15.7 Å². The predicted octanol–water partition coefficient (Wildman–Crippen LogP) is 4.28. The van der Waals surface area contributed by atoms with E-state index in [1.54, 1.807) is 17.5 Å². The van der Waals surface area contributed by atoms with Crippen LogP contribution in [0.4, 0.5) is 5.82 Å². The standard InChI is InChI=1S/C18H17N3OS/c22-18(13-8-9-15-16(11-13)23-12-20-15)21(14-5-1-2-6-14)17-7-3-4-10-19-17/h3-4,7-12,14H,1-2,5-6H2. The normalized spacial score (nSPS) is 15.1. The van der Waals surface area contributed by atoms with Crippen molar-refractivity contribution in [1.82, 2.24) is 9.97 Å². The number of benzene rings is 1. The summed E-state index contributed by atoms with van der Waals surface area (Å²) in [6, 6.07) is 11.7. The van der Waals surface area contributed by atoms with Gasteiger partial charge in [-0.05, 0) is 43.2 Å². The highest BCUT2D eigenvalue weighted by Crippen LogP contribution is 2.29. The third kappa shape index (κ3) is 2.72. The lowest BCUT2D eigenvalue weighted by molar-refractivity contribution is 0.0976. The lowest BCUT2D eigenvalue weighted by Gasteiger charge is -2.28. The molecule has 1 fully saturated rings. The Labute approximate surface area is 138 Å². The first-order valence-corrected chi connectivity index (χ1v) is 8.79. The van der Waals surface area contributed by atoms with E-state index < -0.39 is 0 Å². The minimum absolute atomic E-state index is 0.0332. The van der Waals surface area contributed by atoms with Gasteiger partial charge in [-0.25, -0.2) is 9.97 Å². The van der Waals surface area contributed by atoms with Crippen molar-refractivity contribution in [1.29, 1.82) is 0 Å². The van der Waals surface area contributed by atoms with Crippen LogP contribution < -0.4 is 4.90 Å². The number of hydrogen-bond acceptors (Lipinski definition) is 4. The molecule has 23 heavy (non-hydrogen) atoms. The Hall–Kier alpha value is -2.27. The van der Waals surface area contributed by atoms with E-state index in [2.05, 4.69) is 9.97 Å². The molecule has 1 saturated carbocycles. The molecule has 0 N–H and O–H groups in total. The molecular formula is C18H17N3OS. The summed E-state index contributed by atoms with van der Waals surface area (Å²) in [5.74, 6) is 0.778. The van der Waals surface area contributed by atoms with E-state index in [0.29, 0.717) is 5.56 Å². The van der Waals surface area contributed by atoms with E-state index in [9.17, 15) is 4.79 Å². The summed E-state index contributed by atoms with van der Waals surface area (Å²) in [5.41, 5.74) is 3.46. The van der Waals surface area contributed by atoms with Crippen LogP contribution in [0.15, 0.2) is 48.1 Å². The second kappa shape index (κ2) is 6.08. The molecule has 1 amide bonds. The Morgan fingerprint density at radius 2 is 2.00 bits per heavy atom. The van der Waals surface area contributed by atoms with Crippen molar-refractivity contribution in [3.05, 3.63) is 53.7 Å². The average molecular weight is 323 g/mol. The molecule has 4 nitrogen and oxygen atoms in total. The van der Waals surface area contributed by atoms with E-state index in [1.807, 2.05) is 46.8 Å². The van der Waals surface area contributed by atoms with Crippen LogP contribution in [-0.2, 0) is 0 Å². The number of aromatic nitrogens is 2. The van der Waals surface area contributed by atoms with Crippen LogP contribution in [0.2, 0.25) is 0 Å². The number of carbonyl (C=O) groups is 1. The molecule has 2 aromatic heterocycles. The fraction of sp³-hybridized carbons (Fsp3) is 0.278. The summed E-state index contributed by atoms with van der Waals surface area (Å²) >= 11 is 1.56. The molecule has 2 heterocycles. The first-order chi connectivity index (χ1) is 11.3. The average Bonchev–Trinajstić information content (AvgIpc) is 3.27. The van der Waals surface area contributed by atoms with Gasteiger partial charge in [0.1, 0.15) is 5.82 Å². The number of anilines is 1. The number of pyridine rings is 1. The van der Waals surface area contributed by atoms with Crippen LogP contribution in [0.25, 0.3) is 10.2 Å². The third-order valence-corrected chi connectivity index (χ3v) is 5.17. The van der Waals surface area contributed by atoms with E-state index in [1.165, 1.54) is 12.8 Å². The molecule has 0 saturated heterocycles. The first kappa shape index (κ1) is 14.3. The topological polar surface area (TPSA) is 46.1 Å². The Morgan fingerprint density at radius 3 is 2.78 bits per heavy atom. The second-order valence-electron chi connectivity index (χ2n) is 5.84. The smallest absolute Gasteiger partial charge is 0.259 e. The minimum atomic E-state index is 0.0332. The van der Waals surface area contributed by atoms with Gasteiger partial charge in [-0.15, -0.1) is 11.3 Å². The van der Waals surface area contributed by atoms with Crippen molar-refractivity contribution in [2.24, 2.45) is 0 Å². The van der Waals surface area contributed by atoms with Gasteiger partial charge in [-0.2, -0.15) is 0 Å². The molecule has 0 aliphatic heterocycles. The summed E-state index contributed by atoms with van der Waals surface area (Å²) < 4.78 is 1.04. The highest BCUT2D eigenvalue weighted by atomic mass is 32.1. The molecule has 0 radical (unpaired) electrons. The highest BCUT2D eigenvalue weighted by molar-refractivity contribution is 7.16. The third-order valence-electron chi connectivity index (χ3n) is 4.38. The van der Waals surface area contributed by atoms with Gasteiger partial charge >= 0.3 is 0 Å². The van der Waals surface area contributed by atoms with Gasteiger partial charge < -0.3 is 0 Å². The van der Waals surface area contributed by atoms with E-state index in [-0.39, 0.29) is 11.9 Å². The van der Waals surface area contributed by atoms with E-state index >= 15 is 0 Å². The van der Waals surface area contributed by atoms with Crippen LogP contribution in [0.3, 0.4) is 0 Å². The summed E-state index contributed by atoms with van der Waals surface area (Å²) in [4.78, 5) is 23.8. The van der Waals surface area contributed by atoms with Gasteiger partial charge in [-0.1, -0.05) is 18.9 Å². The van der Waals surface area contributed by atoms with Gasteiger partial charge in [0.2, 0.25) is 0 Å². The number of amides is 1. The number of carbonyl (C=O) groups excluding carboxylic acids is 1. The van der Waals surface area contributed by atoms with Crippen molar-refractivity contribution in [3.8, 4) is 0 Å². The zero-order valence-corrected chi connectivity index (χ0v) is 13.5. The molecule has 0 bridgehead atoms. The Bertz CT molecular complexity index is 824. The zero-order chi connectivity index (χ0) is 15.6. The number of fused-ring (bicyclic) bond motifs is 1. The Balaban J connectivity index is 1.74. The quantitative estimate of drug-likeness (QED) is 0.722. The molecule has 116 valence electrons. The van der Waals surface area contributed by atoms with Gasteiger partial charge in [0.15, 0.2) is 0 Å². The molecule has 0 unspecified atom stereocenters. The summed E-state index contributed by atoms with van der Waals surface area (Å²) in [7, 11) is 0. The van der Waals surface area contributed by atoms with Crippen LogP contribution in [0.1, 0.15) is 36.0 Å². The number of thiazole rings is 1. The summed E-state index contributed by atoms with van der Waals surface area (Å²) in [5, 5.41) is 0. The number of nitrogens with zero attached hydrogens (tertiary/aromatic N) is 3. The number of rotatable bonds is 3. The molecule has 4 rings (SSSR count). The number of hydrogen-bond donors (Lipinski definition) is 0. The SMILES string of the molecule is O=C(c1ccc2ncsc2c1)N(c1ccccn1)C1CCCC1. The maximum atomic E-state index is 13.2. The fourth-order valence-corrected chi connectivity index (χ4v) is 3.96. The van der Waals surface area contributed by atoms with Crippen molar-refractivity contribution in [2.75, 3.05) is 4.90 Å². The van der Waals surface area contributed by atoms with E-state index in [0.717, 1.165) is 28.9 Å². The molecule has 1 aliphatic carbocycles. The second-order valence-corrected chi connectivity index (χ2v) is 6.72. The first-order valence-electron chi connectivity index (χ1n) is 7.91. The van der Waals surface area contributed by atoms with Crippen LogP contribution in [0.5, 0.6) is 0 Å². The predicted molar refractivity (Wildman–Crippen MR) is 92.9 cm³/mol. The van der Waals surface area contributed by atoms with Crippen molar-refractivity contribution < 1.29 is 4.79 Å². The van der Waals surface area contributed by atoms with Gasteiger partial charge in [0.25, 0.3) is 5.91 Å². The summed E-state index contributed by atoms with van der Waals surface area (Å²) in [6.07, 6.45) is 6.19. The molecule has 1 aliphatic rings. The monoisotopic (exact) mass is 323 g/mol. The van der Waals surface area contributed by atoms with Crippen LogP contribution in [-0.4, -0.2) is 21.9 Å². The fourth-order valence-electron chi connectivity index (χ4n) is 3.24. The molecule has 3 aromatic rings. The maximum absolute atomic E-state index is 13.2. The van der Waals surface area contributed by atoms with Crippen LogP contribution >= 0.6 is 11.3 Å². The minimum Gasteiger partial charge on any atom is -0.290 e. The molecule has 0 atom stereocenters. The van der Waals surface area contributed by atoms with E-state index in [4.69, 9.17) is 0 Å². The lowest BCUT2D eigenvalue weighted by Crippen LogP contribution is -2.39. The maximum Gasteiger partial charge on any atom is 0.259 e. The lowest BCUT2D eigenvalue weighted by atomic mass is 10.1. The largest absolute Gasteiger partial charge is 0.290 e. The molecular weight excluding hydrogens is 306 g/mol. The Morgan fingerprint density at radius 1 is 1.13 bits per heavy atom. The van der Waals surface area contributed by atoms with Crippen molar-refractivity contribution in [3.63, 3.8) is 0 Å².